The topological polar surface area (TPSA) is 89.1 Å². The van der Waals surface area contributed by atoms with Gasteiger partial charge in [0.05, 0.1) is 24.6 Å². The fourth-order valence-corrected chi connectivity index (χ4v) is 2.96. The van der Waals surface area contributed by atoms with Crippen molar-refractivity contribution in [2.75, 3.05) is 33.4 Å². The number of morpholine rings is 1. The minimum Gasteiger partial charge on any atom is -0.444 e. The molecule has 0 saturated carbocycles. The molecular weight excluding hydrogens is 350 g/mol. The molecule has 0 aromatic rings. The summed E-state index contributed by atoms with van der Waals surface area (Å²) in [6.45, 7) is 10.00. The van der Waals surface area contributed by atoms with Crippen molar-refractivity contribution in [3.63, 3.8) is 0 Å². The van der Waals surface area contributed by atoms with Crippen molar-refractivity contribution in [1.29, 1.82) is 0 Å². The van der Waals surface area contributed by atoms with Crippen LogP contribution in [0.3, 0.4) is 0 Å². The summed E-state index contributed by atoms with van der Waals surface area (Å²) >= 11 is 0. The van der Waals surface area contributed by atoms with Crippen LogP contribution in [0.5, 0.6) is 0 Å². The summed E-state index contributed by atoms with van der Waals surface area (Å²) in [5, 5.41) is 5.71. The Balaban J connectivity index is 2.29. The molecule has 0 radical (unpaired) electrons. The molecule has 2 N–H and O–H groups in total. The van der Waals surface area contributed by atoms with Crippen molar-refractivity contribution in [2.45, 2.75) is 52.2 Å². The Morgan fingerprint density at radius 3 is 2.48 bits per heavy atom. The van der Waals surface area contributed by atoms with E-state index in [9.17, 15) is 9.59 Å². The Hall–Kier alpha value is -2.06. The minimum absolute atomic E-state index is 0.0838. The molecule has 1 atom stereocenters. The third-order valence-electron chi connectivity index (χ3n) is 4.25. The second kappa shape index (κ2) is 9.23. The number of hydrogen-bond donors (Lipinski definition) is 2. The summed E-state index contributed by atoms with van der Waals surface area (Å²) in [5.74, 6) is -0.0838. The lowest BCUT2D eigenvalue weighted by Crippen LogP contribution is -2.43. The third kappa shape index (κ3) is 6.25. The largest absolute Gasteiger partial charge is 0.444 e. The van der Waals surface area contributed by atoms with Gasteiger partial charge in [-0.15, -0.1) is 0 Å². The summed E-state index contributed by atoms with van der Waals surface area (Å²) in [4.78, 5) is 26.4. The highest BCUT2D eigenvalue weighted by atomic mass is 16.6. The van der Waals surface area contributed by atoms with Gasteiger partial charge in [-0.1, -0.05) is 6.92 Å². The Morgan fingerprint density at radius 2 is 1.93 bits per heavy atom. The number of methoxy groups -OCH3 is 1. The van der Waals surface area contributed by atoms with Crippen molar-refractivity contribution in [3.05, 3.63) is 23.2 Å². The molecule has 1 unspecified atom stereocenters. The van der Waals surface area contributed by atoms with Crippen LogP contribution in [0.1, 0.15) is 40.5 Å². The van der Waals surface area contributed by atoms with E-state index in [1.165, 1.54) is 0 Å². The molecule has 152 valence electrons. The summed E-state index contributed by atoms with van der Waals surface area (Å²) in [7, 11) is 1.60. The normalized spacial score (nSPS) is 20.9. The molecule has 2 amide bonds. The number of ether oxygens (including phenoxy) is 3. The standard InChI is InChI=1S/C19H31N3O5/c1-6-17(23)20-13-11-14(21-18(24)27-19(2,3)4)16(25-5)12-15(13)22-7-9-26-10-8-22/h11,16H,6-10,12H2,1-5H3,(H,20,23)(H,21,24). The smallest absolute Gasteiger partial charge is 0.411 e. The van der Waals surface area contributed by atoms with Crippen LogP contribution in [0.15, 0.2) is 23.2 Å². The van der Waals surface area contributed by atoms with Crippen LogP contribution in [0.25, 0.3) is 0 Å². The fraction of sp³-hybridized carbons (Fsp3) is 0.684. The van der Waals surface area contributed by atoms with Gasteiger partial charge in [0, 0.05) is 38.7 Å². The summed E-state index contributed by atoms with van der Waals surface area (Å²) in [6.07, 6.45) is 1.79. The highest BCUT2D eigenvalue weighted by Crippen LogP contribution is 2.27. The maximum Gasteiger partial charge on any atom is 0.411 e. The first-order valence-electron chi connectivity index (χ1n) is 9.33. The number of amides is 2. The molecule has 27 heavy (non-hydrogen) atoms. The summed E-state index contributed by atoms with van der Waals surface area (Å²) in [5.41, 5.74) is 1.63. The van der Waals surface area contributed by atoms with Gasteiger partial charge in [-0.3, -0.25) is 10.1 Å². The van der Waals surface area contributed by atoms with Gasteiger partial charge in [0.25, 0.3) is 0 Å². The van der Waals surface area contributed by atoms with Crippen molar-refractivity contribution in [3.8, 4) is 0 Å². The van der Waals surface area contributed by atoms with Crippen molar-refractivity contribution in [2.24, 2.45) is 0 Å². The van der Waals surface area contributed by atoms with E-state index in [0.29, 0.717) is 37.4 Å². The van der Waals surface area contributed by atoms with E-state index in [0.717, 1.165) is 18.8 Å². The second-order valence-corrected chi connectivity index (χ2v) is 7.52. The average Bonchev–Trinajstić information content (AvgIpc) is 2.61. The van der Waals surface area contributed by atoms with Crippen LogP contribution in [0.4, 0.5) is 4.79 Å². The van der Waals surface area contributed by atoms with Gasteiger partial charge < -0.3 is 24.4 Å². The Labute approximate surface area is 160 Å². The molecule has 1 saturated heterocycles. The zero-order chi connectivity index (χ0) is 20.0. The zero-order valence-electron chi connectivity index (χ0n) is 16.9. The van der Waals surface area contributed by atoms with E-state index in [4.69, 9.17) is 14.2 Å². The molecule has 2 rings (SSSR count). The number of carbonyl (C=O) groups is 2. The van der Waals surface area contributed by atoms with Crippen LogP contribution < -0.4 is 10.6 Å². The SMILES string of the molecule is CCC(=O)NC1=C(N2CCOCC2)CC(OC)C(NC(=O)OC(C)(C)C)=C1. The lowest BCUT2D eigenvalue weighted by molar-refractivity contribution is -0.120. The molecule has 0 bridgehead atoms. The van der Waals surface area contributed by atoms with Crippen LogP contribution in [0, 0.1) is 0 Å². The Morgan fingerprint density at radius 1 is 1.26 bits per heavy atom. The van der Waals surface area contributed by atoms with Crippen molar-refractivity contribution in [1.82, 2.24) is 15.5 Å². The number of nitrogens with one attached hydrogen (secondary N) is 2. The molecule has 8 nitrogen and oxygen atoms in total. The average molecular weight is 381 g/mol. The molecule has 0 spiro atoms. The van der Waals surface area contributed by atoms with Crippen LogP contribution >= 0.6 is 0 Å². The molecule has 1 aliphatic carbocycles. The fourth-order valence-electron chi connectivity index (χ4n) is 2.96. The molecular formula is C19H31N3O5. The quantitative estimate of drug-likeness (QED) is 0.756. The van der Waals surface area contributed by atoms with E-state index in [1.807, 2.05) is 0 Å². The zero-order valence-corrected chi connectivity index (χ0v) is 16.9. The predicted molar refractivity (Wildman–Crippen MR) is 101 cm³/mol. The van der Waals surface area contributed by atoms with E-state index >= 15 is 0 Å². The first-order valence-corrected chi connectivity index (χ1v) is 9.33. The Kier molecular flexibility index (Phi) is 7.26. The number of rotatable bonds is 5. The predicted octanol–water partition coefficient (Wildman–Crippen LogP) is 1.88. The molecule has 8 heteroatoms. The number of nitrogens with zero attached hydrogens (tertiary/aromatic N) is 1. The highest BCUT2D eigenvalue weighted by molar-refractivity contribution is 5.78. The number of allylic oxidation sites excluding steroid dienone is 1. The monoisotopic (exact) mass is 381 g/mol. The van der Waals surface area contributed by atoms with Crippen LogP contribution in [-0.4, -0.2) is 62.0 Å². The van der Waals surface area contributed by atoms with Gasteiger partial charge in [-0.25, -0.2) is 4.79 Å². The van der Waals surface area contributed by atoms with Gasteiger partial charge >= 0.3 is 6.09 Å². The molecule has 1 fully saturated rings. The lowest BCUT2D eigenvalue weighted by atomic mass is 10.00. The van der Waals surface area contributed by atoms with Gasteiger partial charge in [-0.05, 0) is 26.8 Å². The first-order chi connectivity index (χ1) is 12.7. The summed E-state index contributed by atoms with van der Waals surface area (Å²) in [6, 6.07) is 0. The molecule has 2 aliphatic rings. The Bertz CT molecular complexity index is 615. The second-order valence-electron chi connectivity index (χ2n) is 7.52. The van der Waals surface area contributed by atoms with Crippen LogP contribution in [-0.2, 0) is 19.0 Å². The van der Waals surface area contributed by atoms with Gasteiger partial charge in [0.1, 0.15) is 11.7 Å². The van der Waals surface area contributed by atoms with Crippen molar-refractivity contribution < 1.29 is 23.8 Å². The van der Waals surface area contributed by atoms with Crippen molar-refractivity contribution >= 4 is 12.0 Å². The maximum atomic E-state index is 12.2. The molecule has 1 aliphatic heterocycles. The molecule has 0 aromatic heterocycles. The van der Waals surface area contributed by atoms with Gasteiger partial charge in [-0.2, -0.15) is 0 Å². The minimum atomic E-state index is -0.601. The van der Waals surface area contributed by atoms with E-state index in [2.05, 4.69) is 15.5 Å². The van der Waals surface area contributed by atoms with Gasteiger partial charge in [0.15, 0.2) is 0 Å². The number of alkyl carbamates (subject to hydrolysis) is 1. The van der Waals surface area contributed by atoms with Gasteiger partial charge in [0.2, 0.25) is 5.91 Å². The lowest BCUT2D eigenvalue weighted by Gasteiger charge is -2.36. The number of carbonyl (C=O) groups excluding carboxylic acids is 2. The van der Waals surface area contributed by atoms with E-state index < -0.39 is 11.7 Å². The first kappa shape index (κ1) is 21.2. The third-order valence-corrected chi connectivity index (χ3v) is 4.25. The molecule has 1 heterocycles. The summed E-state index contributed by atoms with van der Waals surface area (Å²) < 4.78 is 16.4. The van der Waals surface area contributed by atoms with Crippen LogP contribution in [0.2, 0.25) is 0 Å². The number of hydrogen-bond acceptors (Lipinski definition) is 6. The highest BCUT2D eigenvalue weighted by Gasteiger charge is 2.30. The maximum absolute atomic E-state index is 12.2. The van der Waals surface area contributed by atoms with E-state index in [1.54, 1.807) is 40.9 Å². The molecule has 0 aromatic carbocycles. The van der Waals surface area contributed by atoms with E-state index in [-0.39, 0.29) is 12.0 Å².